The van der Waals surface area contributed by atoms with Gasteiger partial charge in [0.25, 0.3) is 0 Å². The Morgan fingerprint density at radius 1 is 1.13 bits per heavy atom. The highest BCUT2D eigenvalue weighted by Crippen LogP contribution is 2.21. The van der Waals surface area contributed by atoms with E-state index in [-0.39, 0.29) is 6.61 Å². The quantitative estimate of drug-likeness (QED) is 0.754. The second kappa shape index (κ2) is 6.46. The molecule has 2 N–H and O–H groups in total. The molecule has 1 rings (SSSR count). The van der Waals surface area contributed by atoms with E-state index >= 15 is 0 Å². The van der Waals surface area contributed by atoms with Gasteiger partial charge in [-0.1, -0.05) is 25.5 Å². The van der Waals surface area contributed by atoms with Gasteiger partial charge >= 0.3 is 0 Å². The molecule has 0 radical (unpaired) electrons. The summed E-state index contributed by atoms with van der Waals surface area (Å²) in [6.07, 6.45) is 4.86. The highest BCUT2D eigenvalue weighted by molar-refractivity contribution is 5.36. The summed E-state index contributed by atoms with van der Waals surface area (Å²) in [5.41, 5.74) is 2.24. The summed E-state index contributed by atoms with van der Waals surface area (Å²) in [5.74, 6) is 0.399. The van der Waals surface area contributed by atoms with Crippen LogP contribution in [0.5, 0.6) is 5.75 Å². The molecule has 0 saturated heterocycles. The van der Waals surface area contributed by atoms with Crippen molar-refractivity contribution in [3.8, 4) is 5.75 Å². The lowest BCUT2D eigenvalue weighted by atomic mass is 10.0. The zero-order valence-corrected chi connectivity index (χ0v) is 9.37. The topological polar surface area (TPSA) is 40.5 Å². The van der Waals surface area contributed by atoms with Gasteiger partial charge in [-0.05, 0) is 42.9 Å². The summed E-state index contributed by atoms with van der Waals surface area (Å²) in [5, 5.41) is 18.4. The first-order valence-electron chi connectivity index (χ1n) is 5.69. The summed E-state index contributed by atoms with van der Waals surface area (Å²) in [6, 6.07) is 5.75. The fraction of sp³-hybridized carbons (Fsp3) is 0.538. The van der Waals surface area contributed by atoms with Crippen molar-refractivity contribution in [1.29, 1.82) is 0 Å². The molecule has 0 spiro atoms. The molecule has 0 saturated carbocycles. The van der Waals surface area contributed by atoms with Crippen molar-refractivity contribution in [2.24, 2.45) is 0 Å². The van der Waals surface area contributed by atoms with Crippen molar-refractivity contribution in [1.82, 2.24) is 0 Å². The van der Waals surface area contributed by atoms with Crippen LogP contribution in [0.15, 0.2) is 18.2 Å². The standard InChI is InChI=1S/C13H20O2/c1-2-3-6-12-10-11(5-4-9-14)7-8-13(12)15/h7-8,10,14-15H,2-6,9H2,1H3. The molecule has 0 bridgehead atoms. The average molecular weight is 208 g/mol. The molecule has 15 heavy (non-hydrogen) atoms. The average Bonchev–Trinajstić information content (AvgIpc) is 2.26. The summed E-state index contributed by atoms with van der Waals surface area (Å²) < 4.78 is 0. The van der Waals surface area contributed by atoms with Gasteiger partial charge in [0.1, 0.15) is 5.75 Å². The van der Waals surface area contributed by atoms with Crippen LogP contribution in [0.1, 0.15) is 37.3 Å². The van der Waals surface area contributed by atoms with Crippen molar-refractivity contribution < 1.29 is 10.2 Å². The first-order valence-corrected chi connectivity index (χ1v) is 5.69. The van der Waals surface area contributed by atoms with Crippen LogP contribution >= 0.6 is 0 Å². The Morgan fingerprint density at radius 2 is 1.93 bits per heavy atom. The fourth-order valence-electron chi connectivity index (χ4n) is 1.65. The number of aliphatic hydroxyl groups is 1. The minimum absolute atomic E-state index is 0.227. The molecule has 0 aliphatic carbocycles. The summed E-state index contributed by atoms with van der Waals surface area (Å²) >= 11 is 0. The second-order valence-electron chi connectivity index (χ2n) is 3.89. The number of aromatic hydroxyl groups is 1. The number of rotatable bonds is 6. The van der Waals surface area contributed by atoms with E-state index in [0.29, 0.717) is 5.75 Å². The molecule has 0 aliphatic rings. The number of aryl methyl sites for hydroxylation is 2. The lowest BCUT2D eigenvalue weighted by Crippen LogP contribution is -1.92. The third-order valence-corrected chi connectivity index (χ3v) is 2.57. The number of aliphatic hydroxyl groups excluding tert-OH is 1. The van der Waals surface area contributed by atoms with Gasteiger partial charge in [-0.2, -0.15) is 0 Å². The van der Waals surface area contributed by atoms with E-state index in [1.165, 1.54) is 5.56 Å². The van der Waals surface area contributed by atoms with Gasteiger partial charge in [0.15, 0.2) is 0 Å². The van der Waals surface area contributed by atoms with Crippen LogP contribution in [0.4, 0.5) is 0 Å². The van der Waals surface area contributed by atoms with E-state index in [2.05, 4.69) is 13.0 Å². The Hall–Kier alpha value is -1.02. The molecule has 0 unspecified atom stereocenters. The second-order valence-corrected chi connectivity index (χ2v) is 3.89. The van der Waals surface area contributed by atoms with E-state index in [1.807, 2.05) is 6.07 Å². The molecule has 0 atom stereocenters. The van der Waals surface area contributed by atoms with Gasteiger partial charge in [-0.25, -0.2) is 0 Å². The molecule has 0 aromatic heterocycles. The van der Waals surface area contributed by atoms with Gasteiger partial charge in [0, 0.05) is 6.61 Å². The van der Waals surface area contributed by atoms with Crippen LogP contribution in [0.3, 0.4) is 0 Å². The first-order chi connectivity index (χ1) is 7.27. The smallest absolute Gasteiger partial charge is 0.118 e. The summed E-state index contributed by atoms with van der Waals surface area (Å²) in [6.45, 7) is 2.37. The molecule has 0 amide bonds. The lowest BCUT2D eigenvalue weighted by molar-refractivity contribution is 0.288. The van der Waals surface area contributed by atoms with Crippen molar-refractivity contribution in [2.75, 3.05) is 6.61 Å². The van der Waals surface area contributed by atoms with E-state index in [1.54, 1.807) is 6.07 Å². The molecular weight excluding hydrogens is 188 g/mol. The van der Waals surface area contributed by atoms with Crippen LogP contribution in [0.25, 0.3) is 0 Å². The molecule has 0 fully saturated rings. The molecular formula is C13H20O2. The fourth-order valence-corrected chi connectivity index (χ4v) is 1.65. The number of phenolic OH excluding ortho intramolecular Hbond substituents is 1. The molecule has 2 heteroatoms. The maximum absolute atomic E-state index is 9.64. The first kappa shape index (κ1) is 12.1. The Bertz CT molecular complexity index is 295. The number of phenols is 1. The molecule has 1 aromatic carbocycles. The van der Waals surface area contributed by atoms with Crippen LogP contribution < -0.4 is 0 Å². The summed E-state index contributed by atoms with van der Waals surface area (Å²) in [4.78, 5) is 0. The normalized spacial score (nSPS) is 10.5. The van der Waals surface area contributed by atoms with E-state index in [0.717, 1.165) is 37.7 Å². The van der Waals surface area contributed by atoms with Crippen LogP contribution in [0.2, 0.25) is 0 Å². The van der Waals surface area contributed by atoms with Crippen LogP contribution in [-0.2, 0) is 12.8 Å². The zero-order chi connectivity index (χ0) is 11.1. The van der Waals surface area contributed by atoms with E-state index in [4.69, 9.17) is 5.11 Å². The Balaban J connectivity index is 2.66. The predicted octanol–water partition coefficient (Wildman–Crippen LogP) is 2.66. The highest BCUT2D eigenvalue weighted by Gasteiger charge is 2.02. The van der Waals surface area contributed by atoms with Gasteiger partial charge in [-0.3, -0.25) is 0 Å². The molecule has 1 aromatic rings. The minimum atomic E-state index is 0.227. The van der Waals surface area contributed by atoms with Crippen molar-refractivity contribution in [2.45, 2.75) is 39.0 Å². The maximum Gasteiger partial charge on any atom is 0.118 e. The minimum Gasteiger partial charge on any atom is -0.508 e. The van der Waals surface area contributed by atoms with Crippen LogP contribution in [-0.4, -0.2) is 16.8 Å². The maximum atomic E-state index is 9.64. The van der Waals surface area contributed by atoms with Crippen molar-refractivity contribution in [3.05, 3.63) is 29.3 Å². The number of unbranched alkanes of at least 4 members (excludes halogenated alkanes) is 1. The Morgan fingerprint density at radius 3 is 2.60 bits per heavy atom. The number of benzene rings is 1. The number of hydrogen-bond donors (Lipinski definition) is 2. The monoisotopic (exact) mass is 208 g/mol. The predicted molar refractivity (Wildman–Crippen MR) is 62.1 cm³/mol. The van der Waals surface area contributed by atoms with E-state index in [9.17, 15) is 5.11 Å². The van der Waals surface area contributed by atoms with Crippen molar-refractivity contribution in [3.63, 3.8) is 0 Å². The van der Waals surface area contributed by atoms with Gasteiger partial charge in [0.05, 0.1) is 0 Å². The Kier molecular flexibility index (Phi) is 5.19. The molecule has 84 valence electrons. The largest absolute Gasteiger partial charge is 0.508 e. The molecule has 2 nitrogen and oxygen atoms in total. The van der Waals surface area contributed by atoms with Crippen molar-refractivity contribution >= 4 is 0 Å². The zero-order valence-electron chi connectivity index (χ0n) is 9.37. The van der Waals surface area contributed by atoms with E-state index < -0.39 is 0 Å². The molecule has 0 aliphatic heterocycles. The van der Waals surface area contributed by atoms with Gasteiger partial charge in [-0.15, -0.1) is 0 Å². The van der Waals surface area contributed by atoms with Gasteiger partial charge < -0.3 is 10.2 Å². The Labute approximate surface area is 91.6 Å². The number of hydrogen-bond acceptors (Lipinski definition) is 2. The molecule has 0 heterocycles. The van der Waals surface area contributed by atoms with Gasteiger partial charge in [0.2, 0.25) is 0 Å². The van der Waals surface area contributed by atoms with Crippen LogP contribution in [0, 0.1) is 0 Å². The highest BCUT2D eigenvalue weighted by atomic mass is 16.3. The summed E-state index contributed by atoms with van der Waals surface area (Å²) in [7, 11) is 0. The lowest BCUT2D eigenvalue weighted by Gasteiger charge is -2.06. The third-order valence-electron chi connectivity index (χ3n) is 2.57. The third kappa shape index (κ3) is 3.92. The SMILES string of the molecule is CCCCc1cc(CCCO)ccc1O.